The highest BCUT2D eigenvalue weighted by Crippen LogP contribution is 2.75. The van der Waals surface area contributed by atoms with E-state index in [4.69, 9.17) is 16.3 Å². The number of piperazine rings is 1. The van der Waals surface area contributed by atoms with Crippen molar-refractivity contribution in [3.63, 3.8) is 0 Å². The Kier molecular flexibility index (Phi) is 8.29. The van der Waals surface area contributed by atoms with Crippen LogP contribution in [0.4, 0.5) is 5.69 Å². The Hall–Kier alpha value is -2.34. The molecule has 1 heterocycles. The molecule has 1 aromatic carbocycles. The van der Waals surface area contributed by atoms with Crippen LogP contribution in [0.5, 0.6) is 0 Å². The van der Waals surface area contributed by atoms with Crippen molar-refractivity contribution in [2.24, 2.45) is 50.2 Å². The highest BCUT2D eigenvalue weighted by molar-refractivity contribution is 6.33. The van der Waals surface area contributed by atoms with E-state index in [1.807, 2.05) is 18.2 Å². The van der Waals surface area contributed by atoms with Crippen molar-refractivity contribution in [1.82, 2.24) is 4.90 Å². The maximum absolute atomic E-state index is 14.9. The first-order chi connectivity index (χ1) is 22.9. The van der Waals surface area contributed by atoms with Crippen LogP contribution in [0.25, 0.3) is 0 Å². The third-order valence-electron chi connectivity index (χ3n) is 16.0. The smallest absolute Gasteiger partial charge is 0.302 e. The summed E-state index contributed by atoms with van der Waals surface area (Å²) in [5.41, 5.74) is 1.21. The van der Waals surface area contributed by atoms with Gasteiger partial charge in [-0.25, -0.2) is 0 Å². The monoisotopic (exact) mass is 690 g/mol. The first kappa shape index (κ1) is 35.1. The minimum atomic E-state index is -0.464. The average Bonchev–Trinajstić information content (AvgIpc) is 3.04. The molecular weight excluding hydrogens is 632 g/mol. The maximum atomic E-state index is 14.9. The van der Waals surface area contributed by atoms with Crippen LogP contribution in [0.2, 0.25) is 5.02 Å². The highest BCUT2D eigenvalue weighted by Gasteiger charge is 2.72. The second-order valence-corrected chi connectivity index (χ2v) is 19.4. The Balaban J connectivity index is 1.19. The molecule has 1 aromatic rings. The van der Waals surface area contributed by atoms with Crippen molar-refractivity contribution in [2.45, 2.75) is 119 Å². The number of anilines is 1. The molecule has 0 bridgehead atoms. The molecule has 5 fully saturated rings. The van der Waals surface area contributed by atoms with Gasteiger partial charge >= 0.3 is 5.97 Å². The first-order valence-electron chi connectivity index (χ1n) is 19.1. The van der Waals surface area contributed by atoms with E-state index in [1.165, 1.54) is 12.5 Å². The Morgan fingerprint density at radius 1 is 0.857 bits per heavy atom. The number of carbonyl (C=O) groups excluding carboxylic acids is 3. The number of carbonyl (C=O) groups is 3. The molecule has 5 aliphatic carbocycles. The molecule has 4 unspecified atom stereocenters. The van der Waals surface area contributed by atoms with E-state index in [2.05, 4.69) is 70.4 Å². The summed E-state index contributed by atoms with van der Waals surface area (Å²) >= 11 is 6.52. The Labute approximate surface area is 299 Å². The van der Waals surface area contributed by atoms with Crippen molar-refractivity contribution in [3.05, 3.63) is 40.9 Å². The highest BCUT2D eigenvalue weighted by atomic mass is 35.5. The number of hydrogen-bond donors (Lipinski definition) is 0. The van der Waals surface area contributed by atoms with Gasteiger partial charge < -0.3 is 14.5 Å². The van der Waals surface area contributed by atoms with Crippen LogP contribution in [0.15, 0.2) is 35.9 Å². The van der Waals surface area contributed by atoms with Gasteiger partial charge in [-0.05, 0) is 109 Å². The summed E-state index contributed by atoms with van der Waals surface area (Å²) in [4.78, 5) is 46.3. The van der Waals surface area contributed by atoms with Gasteiger partial charge in [-0.1, -0.05) is 77.8 Å². The number of fused-ring (bicyclic) bond motifs is 7. The predicted octanol–water partition coefficient (Wildman–Crippen LogP) is 8.90. The average molecular weight is 691 g/mol. The lowest BCUT2D eigenvalue weighted by molar-refractivity contribution is -0.225. The van der Waals surface area contributed by atoms with Crippen LogP contribution in [0, 0.1) is 50.2 Å². The van der Waals surface area contributed by atoms with Crippen LogP contribution in [0.1, 0.15) is 113 Å². The lowest BCUT2D eigenvalue weighted by Gasteiger charge is -2.71. The van der Waals surface area contributed by atoms with Crippen LogP contribution in [-0.2, 0) is 19.1 Å². The number of amides is 1. The number of ether oxygens (including phenoxy) is 1. The second kappa shape index (κ2) is 11.6. The Morgan fingerprint density at radius 3 is 2.20 bits per heavy atom. The Morgan fingerprint density at radius 2 is 1.53 bits per heavy atom. The number of allylic oxidation sites excluding steroid dienone is 2. The quantitative estimate of drug-likeness (QED) is 0.297. The van der Waals surface area contributed by atoms with E-state index in [-0.39, 0.29) is 57.3 Å². The number of esters is 1. The van der Waals surface area contributed by atoms with Gasteiger partial charge in [0.15, 0.2) is 5.78 Å². The van der Waals surface area contributed by atoms with E-state index in [9.17, 15) is 14.4 Å². The van der Waals surface area contributed by atoms with Crippen molar-refractivity contribution >= 4 is 34.9 Å². The van der Waals surface area contributed by atoms with E-state index in [0.29, 0.717) is 19.0 Å². The molecule has 4 saturated carbocycles. The molecule has 0 spiro atoms. The van der Waals surface area contributed by atoms with Crippen molar-refractivity contribution < 1.29 is 19.1 Å². The molecule has 7 heteroatoms. The summed E-state index contributed by atoms with van der Waals surface area (Å²) in [6, 6.07) is 7.97. The van der Waals surface area contributed by atoms with Crippen LogP contribution in [0.3, 0.4) is 0 Å². The topological polar surface area (TPSA) is 66.9 Å². The summed E-state index contributed by atoms with van der Waals surface area (Å²) < 4.78 is 6.16. The van der Waals surface area contributed by atoms with Gasteiger partial charge in [-0.2, -0.15) is 0 Å². The number of hydrogen-bond acceptors (Lipinski definition) is 5. The molecule has 9 atom stereocenters. The molecule has 1 amide bonds. The van der Waals surface area contributed by atoms with Gasteiger partial charge in [0.05, 0.1) is 10.7 Å². The van der Waals surface area contributed by atoms with Gasteiger partial charge in [0.25, 0.3) is 0 Å². The minimum Gasteiger partial charge on any atom is -0.462 e. The number of benzene rings is 1. The molecule has 6 nitrogen and oxygen atoms in total. The number of halogens is 1. The molecule has 268 valence electrons. The molecule has 6 aliphatic rings. The van der Waals surface area contributed by atoms with Gasteiger partial charge in [0.2, 0.25) is 5.91 Å². The fraction of sp³-hybridized carbons (Fsp3) is 0.738. The van der Waals surface area contributed by atoms with Crippen molar-refractivity contribution in [2.75, 3.05) is 31.1 Å². The minimum absolute atomic E-state index is 0.0750. The molecule has 1 saturated heterocycles. The molecule has 0 radical (unpaired) electrons. The molecule has 0 N–H and O–H groups in total. The van der Waals surface area contributed by atoms with Crippen LogP contribution < -0.4 is 4.90 Å². The fourth-order valence-corrected chi connectivity index (χ4v) is 13.2. The number of para-hydroxylation sites is 1. The van der Waals surface area contributed by atoms with Crippen molar-refractivity contribution in [1.29, 1.82) is 0 Å². The zero-order valence-corrected chi connectivity index (χ0v) is 32.0. The van der Waals surface area contributed by atoms with Crippen molar-refractivity contribution in [3.8, 4) is 0 Å². The van der Waals surface area contributed by atoms with E-state index < -0.39 is 10.8 Å². The third kappa shape index (κ3) is 5.10. The van der Waals surface area contributed by atoms with Gasteiger partial charge in [-0.3, -0.25) is 14.4 Å². The van der Waals surface area contributed by atoms with E-state index in [0.717, 1.165) is 81.6 Å². The zero-order valence-electron chi connectivity index (χ0n) is 31.3. The van der Waals surface area contributed by atoms with E-state index >= 15 is 0 Å². The molecular formula is C42H59ClN2O4. The molecule has 1 aliphatic heterocycles. The third-order valence-corrected chi connectivity index (χ3v) is 16.3. The largest absolute Gasteiger partial charge is 0.462 e. The molecule has 49 heavy (non-hydrogen) atoms. The number of rotatable bonds is 3. The number of ketones is 1. The summed E-state index contributed by atoms with van der Waals surface area (Å²) in [7, 11) is 0. The summed E-state index contributed by atoms with van der Waals surface area (Å²) in [6.45, 7) is 21.0. The standard InChI is InChI=1S/C42H59ClN2O4/c1-27(46)49-34-14-15-37(2,3)33-13-16-41(7)35(42(33,34)8)32(47)25-28-29-26-39(5,18-17-38(29,4)19-20-40(28,41)6)36(48)45-23-21-44(22-24-45)31-12-10-9-11-30(31)43/h9-12,25,29,33-35H,13-24,26H2,1-8H3/t29-,33?,34?,35?,38+,39?,40+,41+,42+/m0/s1. The summed E-state index contributed by atoms with van der Waals surface area (Å²) in [6.07, 6.45) is 10.5. The maximum Gasteiger partial charge on any atom is 0.302 e. The van der Waals surface area contributed by atoms with E-state index in [1.54, 1.807) is 0 Å². The molecule has 7 rings (SSSR count). The zero-order chi connectivity index (χ0) is 35.4. The summed E-state index contributed by atoms with van der Waals surface area (Å²) in [5, 5.41) is 0.754. The Bertz CT molecular complexity index is 1580. The van der Waals surface area contributed by atoms with Gasteiger partial charge in [0.1, 0.15) is 6.10 Å². The lowest BCUT2D eigenvalue weighted by atomic mass is 9.33. The summed E-state index contributed by atoms with van der Waals surface area (Å²) in [5.74, 6) is 0.559. The normalized spacial score (nSPS) is 43.0. The lowest BCUT2D eigenvalue weighted by Crippen LogP contribution is -2.68. The van der Waals surface area contributed by atoms with Gasteiger partial charge in [0, 0.05) is 49.9 Å². The molecule has 0 aromatic heterocycles. The van der Waals surface area contributed by atoms with Crippen LogP contribution >= 0.6 is 11.6 Å². The SMILES string of the molecule is CC(=O)OC1CCC(C)(C)C2CC[C@]3(C)C(C(=O)C=C4[C@@H]5CC(C)(C(=O)N6CCN(c7ccccc7Cl)CC6)CC[C@]5(C)CC[C@]43C)[C@@]12C. The van der Waals surface area contributed by atoms with Gasteiger partial charge in [-0.15, -0.1) is 0 Å². The second-order valence-electron chi connectivity index (χ2n) is 19.0. The van der Waals surface area contributed by atoms with Crippen LogP contribution in [-0.4, -0.2) is 54.8 Å². The number of nitrogens with zero attached hydrogens (tertiary/aromatic N) is 2. The fourth-order valence-electron chi connectivity index (χ4n) is 12.9. The predicted molar refractivity (Wildman–Crippen MR) is 195 cm³/mol. The first-order valence-corrected chi connectivity index (χ1v) is 19.5.